The Morgan fingerprint density at radius 3 is 2.29 bits per heavy atom. The first-order valence-electron chi connectivity index (χ1n) is 4.78. The highest BCUT2D eigenvalue weighted by Gasteiger charge is 2.17. The van der Waals surface area contributed by atoms with Crippen LogP contribution in [0.15, 0.2) is 12.1 Å². The Hall–Kier alpha value is -0.340. The van der Waals surface area contributed by atoms with Crippen LogP contribution in [0.2, 0.25) is 5.02 Å². The van der Waals surface area contributed by atoms with Crippen LogP contribution in [0, 0.1) is 13.8 Å². The van der Waals surface area contributed by atoms with E-state index in [1.807, 2.05) is 11.8 Å². The van der Waals surface area contributed by atoms with Crippen molar-refractivity contribution in [1.82, 2.24) is 0 Å². The van der Waals surface area contributed by atoms with Gasteiger partial charge < -0.3 is 5.32 Å². The number of thioether (sulfide) groups is 1. The number of hydrogen-bond donors (Lipinski definition) is 1. The topological polar surface area (TPSA) is 12.0 Å². The van der Waals surface area contributed by atoms with E-state index in [0.29, 0.717) is 6.04 Å². The molecule has 0 saturated carbocycles. The lowest BCUT2D eigenvalue weighted by molar-refractivity contribution is 0.882. The summed E-state index contributed by atoms with van der Waals surface area (Å²) in [4.78, 5) is 0. The van der Waals surface area contributed by atoms with E-state index in [0.717, 1.165) is 16.1 Å². The highest BCUT2D eigenvalue weighted by molar-refractivity contribution is 8.00. The summed E-state index contributed by atoms with van der Waals surface area (Å²) < 4.78 is 0. The SMILES string of the molecule is Cc1cc(NC2CSC2)cc(C)c1Cl. The van der Waals surface area contributed by atoms with E-state index < -0.39 is 0 Å². The molecule has 1 aromatic carbocycles. The number of anilines is 1. The summed E-state index contributed by atoms with van der Waals surface area (Å²) in [5, 5.41) is 4.40. The maximum atomic E-state index is 6.10. The van der Waals surface area contributed by atoms with Gasteiger partial charge in [-0.15, -0.1) is 0 Å². The minimum absolute atomic E-state index is 0.653. The van der Waals surface area contributed by atoms with Gasteiger partial charge in [0.1, 0.15) is 0 Å². The predicted octanol–water partition coefficient (Wildman–Crippen LogP) is 3.48. The summed E-state index contributed by atoms with van der Waals surface area (Å²) in [6.45, 7) is 4.10. The van der Waals surface area contributed by atoms with Crippen molar-refractivity contribution in [3.63, 3.8) is 0 Å². The number of benzene rings is 1. The van der Waals surface area contributed by atoms with Gasteiger partial charge in [0.2, 0.25) is 0 Å². The number of halogens is 1. The first kappa shape index (κ1) is 10.2. The lowest BCUT2D eigenvalue weighted by Gasteiger charge is -2.27. The van der Waals surface area contributed by atoms with Gasteiger partial charge in [0.25, 0.3) is 0 Å². The van der Waals surface area contributed by atoms with Crippen LogP contribution in [0.5, 0.6) is 0 Å². The summed E-state index contributed by atoms with van der Waals surface area (Å²) in [5.74, 6) is 2.45. The molecule has 14 heavy (non-hydrogen) atoms. The minimum Gasteiger partial charge on any atom is -0.381 e. The second-order valence-corrected chi connectivity index (χ2v) is 5.26. The quantitative estimate of drug-likeness (QED) is 0.830. The second kappa shape index (κ2) is 4.03. The molecular weight excluding hydrogens is 214 g/mol. The van der Waals surface area contributed by atoms with Gasteiger partial charge in [0.15, 0.2) is 0 Å². The second-order valence-electron chi connectivity index (χ2n) is 3.80. The molecule has 1 heterocycles. The maximum absolute atomic E-state index is 6.10. The molecule has 1 fully saturated rings. The molecule has 0 bridgehead atoms. The maximum Gasteiger partial charge on any atom is 0.0465 e. The van der Waals surface area contributed by atoms with Gasteiger partial charge in [0.05, 0.1) is 0 Å². The Labute approximate surface area is 94.2 Å². The zero-order valence-electron chi connectivity index (χ0n) is 8.43. The number of hydrogen-bond acceptors (Lipinski definition) is 2. The average Bonchev–Trinajstić information content (AvgIpc) is 2.07. The summed E-state index contributed by atoms with van der Waals surface area (Å²) in [6, 6.07) is 4.90. The van der Waals surface area contributed by atoms with E-state index in [1.54, 1.807) is 0 Å². The van der Waals surface area contributed by atoms with Gasteiger partial charge in [-0.1, -0.05) is 11.6 Å². The van der Waals surface area contributed by atoms with Crippen LogP contribution in [0.25, 0.3) is 0 Å². The molecule has 1 aliphatic rings. The largest absolute Gasteiger partial charge is 0.381 e. The van der Waals surface area contributed by atoms with Crippen molar-refractivity contribution in [3.05, 3.63) is 28.3 Å². The van der Waals surface area contributed by atoms with Gasteiger partial charge in [-0.05, 0) is 37.1 Å². The van der Waals surface area contributed by atoms with Crippen LogP contribution in [0.3, 0.4) is 0 Å². The van der Waals surface area contributed by atoms with Crippen molar-refractivity contribution in [2.45, 2.75) is 19.9 Å². The molecule has 0 radical (unpaired) electrons. The minimum atomic E-state index is 0.653. The molecule has 76 valence electrons. The molecule has 0 atom stereocenters. The highest BCUT2D eigenvalue weighted by atomic mass is 35.5. The molecular formula is C11H14ClNS. The zero-order valence-corrected chi connectivity index (χ0v) is 10.0. The Morgan fingerprint density at radius 1 is 1.29 bits per heavy atom. The van der Waals surface area contributed by atoms with Gasteiger partial charge >= 0.3 is 0 Å². The summed E-state index contributed by atoms with van der Waals surface area (Å²) >= 11 is 8.09. The third-order valence-electron chi connectivity index (χ3n) is 2.45. The van der Waals surface area contributed by atoms with E-state index >= 15 is 0 Å². The molecule has 0 aliphatic carbocycles. The smallest absolute Gasteiger partial charge is 0.0465 e. The van der Waals surface area contributed by atoms with Crippen molar-refractivity contribution >= 4 is 29.1 Å². The predicted molar refractivity (Wildman–Crippen MR) is 65.7 cm³/mol. The van der Waals surface area contributed by atoms with Gasteiger partial charge in [-0.2, -0.15) is 11.8 Å². The van der Waals surface area contributed by atoms with Crippen molar-refractivity contribution in [1.29, 1.82) is 0 Å². The standard InChI is InChI=1S/C11H14ClNS/c1-7-3-9(4-8(2)11(7)12)13-10-5-14-6-10/h3-4,10,13H,5-6H2,1-2H3. The first-order chi connectivity index (χ1) is 6.66. The van der Waals surface area contributed by atoms with Gasteiger partial charge in [-0.25, -0.2) is 0 Å². The van der Waals surface area contributed by atoms with E-state index in [2.05, 4.69) is 31.3 Å². The van der Waals surface area contributed by atoms with E-state index in [9.17, 15) is 0 Å². The van der Waals surface area contributed by atoms with Gasteiger partial charge in [0, 0.05) is 28.3 Å². The lowest BCUT2D eigenvalue weighted by atomic mass is 10.1. The monoisotopic (exact) mass is 227 g/mol. The fourth-order valence-corrected chi connectivity index (χ4v) is 2.33. The highest BCUT2D eigenvalue weighted by Crippen LogP contribution is 2.27. The van der Waals surface area contributed by atoms with E-state index in [1.165, 1.54) is 17.2 Å². The van der Waals surface area contributed by atoms with E-state index in [4.69, 9.17) is 11.6 Å². The van der Waals surface area contributed by atoms with Gasteiger partial charge in [-0.3, -0.25) is 0 Å². The number of rotatable bonds is 2. The Balaban J connectivity index is 2.17. The molecule has 3 heteroatoms. The normalized spacial score (nSPS) is 16.5. The molecule has 1 nitrogen and oxygen atoms in total. The molecule has 1 aromatic rings. The fourth-order valence-electron chi connectivity index (χ4n) is 1.58. The molecule has 0 aromatic heterocycles. The Kier molecular flexibility index (Phi) is 2.93. The third kappa shape index (κ3) is 2.01. The summed E-state index contributed by atoms with van der Waals surface area (Å²) in [7, 11) is 0. The number of nitrogens with one attached hydrogen (secondary N) is 1. The van der Waals surface area contributed by atoms with Crippen LogP contribution in [0.1, 0.15) is 11.1 Å². The van der Waals surface area contributed by atoms with Crippen LogP contribution < -0.4 is 5.32 Å². The first-order valence-corrected chi connectivity index (χ1v) is 6.31. The molecule has 0 unspecified atom stereocenters. The zero-order chi connectivity index (χ0) is 10.1. The van der Waals surface area contributed by atoms with Crippen molar-refractivity contribution in [2.24, 2.45) is 0 Å². The summed E-state index contributed by atoms with van der Waals surface area (Å²) in [6.07, 6.45) is 0. The molecule has 2 rings (SSSR count). The Morgan fingerprint density at radius 2 is 1.86 bits per heavy atom. The summed E-state index contributed by atoms with van der Waals surface area (Å²) in [5.41, 5.74) is 3.51. The van der Waals surface area contributed by atoms with Crippen LogP contribution in [0.4, 0.5) is 5.69 Å². The molecule has 1 saturated heterocycles. The molecule has 0 spiro atoms. The van der Waals surface area contributed by atoms with Crippen LogP contribution in [-0.2, 0) is 0 Å². The molecule has 1 N–H and O–H groups in total. The average molecular weight is 228 g/mol. The molecule has 1 aliphatic heterocycles. The van der Waals surface area contributed by atoms with Crippen molar-refractivity contribution in [3.8, 4) is 0 Å². The Bertz CT molecular complexity index is 324. The molecule has 0 amide bonds. The third-order valence-corrected chi connectivity index (χ3v) is 4.32. The van der Waals surface area contributed by atoms with Crippen molar-refractivity contribution < 1.29 is 0 Å². The lowest BCUT2D eigenvalue weighted by Crippen LogP contribution is -2.33. The number of aryl methyl sites for hydroxylation is 2. The van der Waals surface area contributed by atoms with Crippen molar-refractivity contribution in [2.75, 3.05) is 16.8 Å². The fraction of sp³-hybridized carbons (Fsp3) is 0.455. The van der Waals surface area contributed by atoms with E-state index in [-0.39, 0.29) is 0 Å². The van der Waals surface area contributed by atoms with Crippen LogP contribution in [-0.4, -0.2) is 17.5 Å². The van der Waals surface area contributed by atoms with Crippen LogP contribution >= 0.6 is 23.4 Å².